The predicted molar refractivity (Wildman–Crippen MR) is 27.6 cm³/mol. The number of allylic oxidation sites excluding steroid dienone is 2. The molecule has 0 aliphatic carbocycles. The lowest BCUT2D eigenvalue weighted by atomic mass is 10.6. The maximum atomic E-state index is 6.46. The van der Waals surface area contributed by atoms with Gasteiger partial charge in [-0.3, -0.25) is 0 Å². The van der Waals surface area contributed by atoms with E-state index in [9.17, 15) is 0 Å². The number of rotatable bonds is 1. The van der Waals surface area contributed by atoms with E-state index in [1.54, 1.807) is 17.1 Å². The van der Waals surface area contributed by atoms with Crippen LogP contribution < -0.4 is 0 Å². The molecule has 2 N–H and O–H groups in total. The first-order chi connectivity index (χ1) is 2.91. The van der Waals surface area contributed by atoms with Gasteiger partial charge in [0.05, 0.1) is 0 Å². The van der Waals surface area contributed by atoms with E-state index < -0.39 is 0 Å². The first kappa shape index (κ1) is 5.81. The molecule has 0 spiro atoms. The molecule has 0 fully saturated rings. The van der Waals surface area contributed by atoms with Gasteiger partial charge in [-0.15, -0.1) is 0 Å². The number of hydrogen-bond donors (Lipinski definition) is 0. The summed E-state index contributed by atoms with van der Waals surface area (Å²) in [5.41, 5.74) is 0. The summed E-state index contributed by atoms with van der Waals surface area (Å²) in [7, 11) is 0. The van der Waals surface area contributed by atoms with Gasteiger partial charge in [0.2, 0.25) is 6.26 Å². The Bertz CT molecular complexity index is 55.9. The van der Waals surface area contributed by atoms with Gasteiger partial charge in [-0.1, -0.05) is 6.08 Å². The summed E-state index contributed by atoms with van der Waals surface area (Å²) in [5.74, 6) is 0. The molecule has 0 aromatic carbocycles. The zero-order chi connectivity index (χ0) is 4.83. The van der Waals surface area contributed by atoms with Gasteiger partial charge in [0.25, 0.3) is 0 Å². The molecule has 0 atom stereocenters. The molecule has 0 aliphatic heterocycles. The third-order valence-corrected chi connectivity index (χ3v) is 0.541. The summed E-state index contributed by atoms with van der Waals surface area (Å²) < 4.78 is 0. The molecule has 6 heavy (non-hydrogen) atoms. The van der Waals surface area contributed by atoms with E-state index in [1.165, 1.54) is 6.26 Å². The average molecular weight is 97.1 g/mol. The summed E-state index contributed by atoms with van der Waals surface area (Å²) in [4.78, 5) is 1.80. The van der Waals surface area contributed by atoms with E-state index >= 15 is 0 Å². The van der Waals surface area contributed by atoms with Gasteiger partial charge < -0.3 is 5.11 Å². The molecule has 0 bridgehead atoms. The van der Waals surface area contributed by atoms with Crippen molar-refractivity contribution in [2.24, 2.45) is 0 Å². The minimum Gasteiger partial charge on any atom is -0.599 e. The lowest BCUT2D eigenvalue weighted by Crippen LogP contribution is -1.49. The van der Waals surface area contributed by atoms with E-state index in [2.05, 4.69) is 16.3 Å². The molecule has 0 rings (SSSR count). The smallest absolute Gasteiger partial charge is 0.216 e. The van der Waals surface area contributed by atoms with Crippen molar-refractivity contribution in [2.45, 2.75) is 0 Å². The Hall–Kier alpha value is -0.188. The van der Waals surface area contributed by atoms with Crippen LogP contribution in [0.3, 0.4) is 0 Å². The van der Waals surface area contributed by atoms with Crippen LogP contribution in [-0.2, 0) is 0 Å². The fourth-order valence-electron chi connectivity index (χ4n) is 0.120. The van der Waals surface area contributed by atoms with Crippen LogP contribution in [0.4, 0.5) is 0 Å². The molecule has 0 saturated carbocycles. The highest BCUT2D eigenvalue weighted by Crippen LogP contribution is 1.66. The summed E-state index contributed by atoms with van der Waals surface area (Å²) in [6.45, 7) is 0. The largest absolute Gasteiger partial charge is 0.599 e. The molecule has 2 radical (unpaired) electrons. The lowest BCUT2D eigenvalue weighted by Gasteiger charge is -1.61. The van der Waals surface area contributed by atoms with Gasteiger partial charge in [-0.2, -0.15) is 4.94 Å². The minimum atomic E-state index is 1.24. The Morgan fingerprint density at radius 2 is 2.00 bits per heavy atom. The fraction of sp³-hybridized carbons (Fsp3) is 0. The van der Waals surface area contributed by atoms with Gasteiger partial charge in [-0.25, -0.2) is 0 Å². The van der Waals surface area contributed by atoms with Gasteiger partial charge in [0, 0.05) is 6.08 Å². The Morgan fingerprint density at radius 3 is 2.17 bits per heavy atom. The molecule has 1 nitrogen and oxygen atoms in total. The maximum absolute atomic E-state index is 6.46. The van der Waals surface area contributed by atoms with Crippen molar-refractivity contribution in [3.63, 3.8) is 0 Å². The Kier molecular flexibility index (Phi) is 4.66. The van der Waals surface area contributed by atoms with E-state index in [0.29, 0.717) is 0 Å². The number of hydrogen-bond acceptors (Lipinski definition) is 0. The van der Waals surface area contributed by atoms with Crippen LogP contribution in [0.15, 0.2) is 23.4 Å². The van der Waals surface area contributed by atoms with Crippen LogP contribution in [0.1, 0.15) is 0 Å². The van der Waals surface area contributed by atoms with Gasteiger partial charge >= 0.3 is 0 Å². The van der Waals surface area contributed by atoms with Gasteiger partial charge in [-0.05, 0) is 0 Å². The average Bonchev–Trinajstić information content (AvgIpc) is 1.61. The van der Waals surface area contributed by atoms with Crippen LogP contribution in [-0.4, -0.2) is 21.4 Å². The van der Waals surface area contributed by atoms with Crippen molar-refractivity contribution < 1.29 is 5.11 Å². The first-order valence-corrected chi connectivity index (χ1v) is 2.29. The highest BCUT2D eigenvalue weighted by Gasteiger charge is 1.53. The third kappa shape index (κ3) is 3.81. The fourth-order valence-corrected chi connectivity index (χ4v) is 0.248. The Labute approximate surface area is 45.4 Å². The van der Waals surface area contributed by atoms with E-state index in [0.717, 1.165) is 0 Å². The third-order valence-electron chi connectivity index (χ3n) is 0.318. The van der Waals surface area contributed by atoms with E-state index in [1.807, 2.05) is 0 Å². The zero-order valence-corrected chi connectivity index (χ0v) is 4.54. The van der Waals surface area contributed by atoms with Crippen LogP contribution in [0.2, 0.25) is 0 Å². The van der Waals surface area contributed by atoms with E-state index in [4.69, 9.17) is 5.11 Å². The predicted octanol–water partition coefficient (Wildman–Crippen LogP) is -0.0931. The molecule has 0 saturated heterocycles. The first-order valence-electron chi connectivity index (χ1n) is 1.62. The quantitative estimate of drug-likeness (QED) is 0.189. The lowest BCUT2D eigenvalue weighted by molar-refractivity contribution is 0.474. The normalized spacial score (nSPS) is 11.3. The minimum absolute atomic E-state index is 1.24. The molecule has 30 valence electrons. The van der Waals surface area contributed by atoms with Crippen molar-refractivity contribution >= 4 is 16.3 Å². The summed E-state index contributed by atoms with van der Waals surface area (Å²) in [5, 5.41) is 6.46. The highest BCUT2D eigenvalue weighted by molar-refractivity contribution is 6.17. The van der Waals surface area contributed by atoms with Crippen LogP contribution in [0, 0.1) is 0 Å². The zero-order valence-electron chi connectivity index (χ0n) is 3.39. The molecular formula is C4H6AlO+. The topological polar surface area (TPSA) is 22.9 Å². The summed E-state index contributed by atoms with van der Waals surface area (Å²) in [6, 6.07) is 0. The van der Waals surface area contributed by atoms with Crippen molar-refractivity contribution in [3.05, 3.63) is 23.4 Å². The SMILES string of the molecule is [OH2+]C=CC=[CH][Al]. The second-order valence-electron chi connectivity index (χ2n) is 0.744. The van der Waals surface area contributed by atoms with Crippen molar-refractivity contribution in [2.75, 3.05) is 0 Å². The molecule has 0 aromatic rings. The van der Waals surface area contributed by atoms with Crippen LogP contribution in [0.25, 0.3) is 0 Å². The summed E-state index contributed by atoms with van der Waals surface area (Å²) in [6.07, 6.45) is 4.66. The molecule has 0 aromatic heterocycles. The molecule has 0 amide bonds. The summed E-state index contributed by atoms with van der Waals surface area (Å²) >= 11 is 2.41. The van der Waals surface area contributed by atoms with Gasteiger partial charge in [0.15, 0.2) is 16.3 Å². The second-order valence-corrected chi connectivity index (χ2v) is 1.13. The molecular weight excluding hydrogens is 91.0 g/mol. The van der Waals surface area contributed by atoms with Crippen LogP contribution >= 0.6 is 0 Å². The molecule has 0 heterocycles. The molecule has 0 unspecified atom stereocenters. The van der Waals surface area contributed by atoms with E-state index in [-0.39, 0.29) is 0 Å². The second kappa shape index (κ2) is 4.81. The highest BCUT2D eigenvalue weighted by atomic mass is 27.0. The maximum Gasteiger partial charge on any atom is 0.216 e. The van der Waals surface area contributed by atoms with Crippen LogP contribution in [0.5, 0.6) is 0 Å². The van der Waals surface area contributed by atoms with Crippen molar-refractivity contribution in [3.8, 4) is 0 Å². The van der Waals surface area contributed by atoms with Crippen molar-refractivity contribution in [1.82, 2.24) is 0 Å². The molecule has 0 aliphatic rings. The Balaban J connectivity index is 3.07. The standard InChI is InChI=1S/C4H5O.Al/c1-2-3-4-5;/h1-5H;/p+1. The Morgan fingerprint density at radius 1 is 1.33 bits per heavy atom. The monoisotopic (exact) mass is 97.0 g/mol. The molecule has 2 heteroatoms. The van der Waals surface area contributed by atoms with Crippen molar-refractivity contribution in [1.29, 1.82) is 0 Å². The van der Waals surface area contributed by atoms with Gasteiger partial charge in [0.1, 0.15) is 0 Å².